The van der Waals surface area contributed by atoms with E-state index in [1.54, 1.807) is 0 Å². The van der Waals surface area contributed by atoms with Crippen LogP contribution in [0, 0.1) is 0 Å². The van der Waals surface area contributed by atoms with Crippen molar-refractivity contribution in [2.24, 2.45) is 0 Å². The van der Waals surface area contributed by atoms with Gasteiger partial charge in [-0.25, -0.2) is 0 Å². The van der Waals surface area contributed by atoms with Gasteiger partial charge in [0.05, 0.1) is 0 Å². The Morgan fingerprint density at radius 1 is 1.48 bits per heavy atom. The molecule has 2 N–H and O–H groups in total. The molecule has 0 unspecified atom stereocenters. The van der Waals surface area contributed by atoms with Crippen LogP contribution < -0.4 is 10.2 Å². The van der Waals surface area contributed by atoms with Gasteiger partial charge < -0.3 is 15.3 Å². The Labute approximate surface area is 125 Å². The number of benzene rings is 1. The lowest BCUT2D eigenvalue weighted by atomic mass is 10.0. The first-order chi connectivity index (χ1) is 10.1. The van der Waals surface area contributed by atoms with Crippen molar-refractivity contribution >= 4 is 17.0 Å². The zero-order valence-corrected chi connectivity index (χ0v) is 12.3. The van der Waals surface area contributed by atoms with Crippen LogP contribution in [0.25, 0.3) is 5.57 Å². The summed E-state index contributed by atoms with van der Waals surface area (Å²) >= 11 is 0. The minimum absolute atomic E-state index is 0.233. The Hall–Kier alpha value is -2.49. The SMILES string of the molecule is CCN(/C=C(/O)C(C)=O)c1cccc(C2=CCNC=C2)c1. The summed E-state index contributed by atoms with van der Waals surface area (Å²) < 4.78 is 0. The Morgan fingerprint density at radius 2 is 2.29 bits per heavy atom. The lowest BCUT2D eigenvalue weighted by molar-refractivity contribution is -0.115. The van der Waals surface area contributed by atoms with Gasteiger partial charge in [-0.3, -0.25) is 4.79 Å². The van der Waals surface area contributed by atoms with Crippen LogP contribution >= 0.6 is 0 Å². The molecule has 110 valence electrons. The topological polar surface area (TPSA) is 52.6 Å². The van der Waals surface area contributed by atoms with Crippen molar-refractivity contribution in [3.8, 4) is 0 Å². The van der Waals surface area contributed by atoms with Crippen molar-refractivity contribution in [3.63, 3.8) is 0 Å². The molecule has 4 heteroatoms. The van der Waals surface area contributed by atoms with Gasteiger partial charge in [0.2, 0.25) is 0 Å². The summed E-state index contributed by atoms with van der Waals surface area (Å²) in [5.74, 6) is -0.572. The lowest BCUT2D eigenvalue weighted by Gasteiger charge is -2.20. The second-order valence-corrected chi connectivity index (χ2v) is 4.81. The number of aliphatic hydroxyl groups excluding tert-OH is 1. The number of hydrogen-bond donors (Lipinski definition) is 2. The van der Waals surface area contributed by atoms with E-state index < -0.39 is 0 Å². The highest BCUT2D eigenvalue weighted by Crippen LogP contribution is 2.23. The van der Waals surface area contributed by atoms with Gasteiger partial charge in [0, 0.05) is 31.9 Å². The number of nitrogens with one attached hydrogen (secondary N) is 1. The number of hydrogen-bond acceptors (Lipinski definition) is 4. The Morgan fingerprint density at radius 3 is 2.90 bits per heavy atom. The molecule has 0 fully saturated rings. The Bertz CT molecular complexity index is 615. The van der Waals surface area contributed by atoms with Crippen molar-refractivity contribution in [1.82, 2.24) is 5.32 Å². The molecule has 0 aliphatic carbocycles. The molecule has 1 aliphatic heterocycles. The summed E-state index contributed by atoms with van der Waals surface area (Å²) in [5.41, 5.74) is 3.21. The van der Waals surface area contributed by atoms with Gasteiger partial charge in [0.1, 0.15) is 0 Å². The van der Waals surface area contributed by atoms with E-state index in [0.717, 1.165) is 23.4 Å². The molecular weight excluding hydrogens is 264 g/mol. The molecule has 0 saturated carbocycles. The van der Waals surface area contributed by atoms with Crippen molar-refractivity contribution < 1.29 is 9.90 Å². The average Bonchev–Trinajstić information content (AvgIpc) is 2.53. The van der Waals surface area contributed by atoms with Gasteiger partial charge in [-0.05, 0) is 42.5 Å². The van der Waals surface area contributed by atoms with Gasteiger partial charge in [-0.2, -0.15) is 0 Å². The third kappa shape index (κ3) is 3.75. The molecule has 1 heterocycles. The zero-order valence-electron chi connectivity index (χ0n) is 12.3. The third-order valence-corrected chi connectivity index (χ3v) is 3.31. The molecule has 1 aliphatic rings. The first-order valence-electron chi connectivity index (χ1n) is 7.00. The van der Waals surface area contributed by atoms with Crippen LogP contribution in [0.2, 0.25) is 0 Å². The van der Waals surface area contributed by atoms with Crippen LogP contribution in [-0.2, 0) is 4.79 Å². The molecule has 0 atom stereocenters. The van der Waals surface area contributed by atoms with Gasteiger partial charge in [-0.1, -0.05) is 18.2 Å². The van der Waals surface area contributed by atoms with E-state index in [1.165, 1.54) is 13.1 Å². The summed E-state index contributed by atoms with van der Waals surface area (Å²) in [5, 5.41) is 12.8. The van der Waals surface area contributed by atoms with E-state index in [4.69, 9.17) is 0 Å². The second kappa shape index (κ2) is 6.79. The maximum Gasteiger partial charge on any atom is 0.195 e. The molecule has 21 heavy (non-hydrogen) atoms. The zero-order chi connectivity index (χ0) is 15.2. The fraction of sp³-hybridized carbons (Fsp3) is 0.235. The van der Waals surface area contributed by atoms with E-state index >= 15 is 0 Å². The third-order valence-electron chi connectivity index (χ3n) is 3.31. The number of Topliss-reactive ketones (excluding diaryl/α,β-unsaturated/α-hetero) is 1. The molecule has 0 spiro atoms. The van der Waals surface area contributed by atoms with Crippen LogP contribution in [0.1, 0.15) is 19.4 Å². The predicted molar refractivity (Wildman–Crippen MR) is 86.0 cm³/mol. The Balaban J connectivity index is 2.31. The van der Waals surface area contributed by atoms with Gasteiger partial charge >= 0.3 is 0 Å². The number of dihydropyridines is 1. The summed E-state index contributed by atoms with van der Waals surface area (Å²) in [4.78, 5) is 13.0. The molecule has 0 amide bonds. The number of aliphatic hydroxyl groups is 1. The lowest BCUT2D eigenvalue weighted by Crippen LogP contribution is -2.17. The van der Waals surface area contributed by atoms with Gasteiger partial charge in [-0.15, -0.1) is 0 Å². The first kappa shape index (κ1) is 14.9. The summed E-state index contributed by atoms with van der Waals surface area (Å²) in [6.45, 7) is 4.80. The maximum atomic E-state index is 11.2. The smallest absolute Gasteiger partial charge is 0.195 e. The molecule has 0 aromatic heterocycles. The summed E-state index contributed by atoms with van der Waals surface area (Å²) in [7, 11) is 0. The molecule has 1 aromatic carbocycles. The van der Waals surface area contributed by atoms with Crippen molar-refractivity contribution in [1.29, 1.82) is 0 Å². The maximum absolute atomic E-state index is 11.2. The normalized spacial score (nSPS) is 14.4. The van der Waals surface area contributed by atoms with E-state index in [1.807, 2.05) is 42.3 Å². The summed E-state index contributed by atoms with van der Waals surface area (Å²) in [6, 6.07) is 8.03. The standard InChI is InChI=1S/C17H20N2O2/c1-3-19(12-17(21)13(2)20)16-6-4-5-15(11-16)14-7-9-18-10-8-14/h4-9,11-12,18,21H,3,10H2,1-2H3/b17-12+. The minimum atomic E-state index is -0.339. The van der Waals surface area contributed by atoms with Gasteiger partial charge in [0.25, 0.3) is 0 Å². The van der Waals surface area contributed by atoms with E-state index in [-0.39, 0.29) is 11.5 Å². The molecular formula is C17H20N2O2. The summed E-state index contributed by atoms with van der Waals surface area (Å²) in [6.07, 6.45) is 7.56. The molecule has 0 radical (unpaired) electrons. The number of rotatable bonds is 5. The predicted octanol–water partition coefficient (Wildman–Crippen LogP) is 3.00. The van der Waals surface area contributed by atoms with Crippen molar-refractivity contribution in [2.45, 2.75) is 13.8 Å². The molecule has 0 saturated heterocycles. The second-order valence-electron chi connectivity index (χ2n) is 4.81. The van der Waals surface area contributed by atoms with Gasteiger partial charge in [0.15, 0.2) is 11.5 Å². The number of allylic oxidation sites excluding steroid dienone is 3. The minimum Gasteiger partial charge on any atom is -0.503 e. The fourth-order valence-corrected chi connectivity index (χ4v) is 2.12. The highest BCUT2D eigenvalue weighted by Gasteiger charge is 2.08. The number of anilines is 1. The monoisotopic (exact) mass is 284 g/mol. The van der Waals surface area contributed by atoms with Crippen molar-refractivity contribution in [3.05, 3.63) is 60.1 Å². The molecule has 0 bridgehead atoms. The van der Waals surface area contributed by atoms with E-state index in [0.29, 0.717) is 6.54 Å². The molecule has 2 rings (SSSR count). The van der Waals surface area contributed by atoms with Crippen LogP contribution in [0.4, 0.5) is 5.69 Å². The Kier molecular flexibility index (Phi) is 4.82. The average molecular weight is 284 g/mol. The first-order valence-corrected chi connectivity index (χ1v) is 7.00. The molecule has 1 aromatic rings. The fourth-order valence-electron chi connectivity index (χ4n) is 2.12. The number of nitrogens with zero attached hydrogens (tertiary/aromatic N) is 1. The van der Waals surface area contributed by atoms with Crippen LogP contribution in [-0.4, -0.2) is 24.0 Å². The van der Waals surface area contributed by atoms with Crippen molar-refractivity contribution in [2.75, 3.05) is 18.0 Å². The number of carbonyl (C=O) groups is 1. The molecule has 4 nitrogen and oxygen atoms in total. The van der Waals surface area contributed by atoms with Crippen LogP contribution in [0.3, 0.4) is 0 Å². The highest BCUT2D eigenvalue weighted by molar-refractivity contribution is 5.91. The number of carbonyl (C=O) groups excluding carboxylic acids is 1. The highest BCUT2D eigenvalue weighted by atomic mass is 16.3. The quantitative estimate of drug-likeness (QED) is 0.644. The van der Waals surface area contributed by atoms with E-state index in [2.05, 4.69) is 17.5 Å². The van der Waals surface area contributed by atoms with E-state index in [9.17, 15) is 9.90 Å². The number of ketones is 1. The van der Waals surface area contributed by atoms with Crippen LogP contribution in [0.15, 0.2) is 54.6 Å². The largest absolute Gasteiger partial charge is 0.503 e. The van der Waals surface area contributed by atoms with Crippen LogP contribution in [0.5, 0.6) is 0 Å².